The molecule has 5 heteroatoms. The Kier molecular flexibility index (Phi) is 16.4. The van der Waals surface area contributed by atoms with Crippen molar-refractivity contribution in [2.24, 2.45) is 0 Å². The first-order valence-electron chi connectivity index (χ1n) is 14.8. The van der Waals surface area contributed by atoms with E-state index in [-0.39, 0.29) is 29.3 Å². The topological polar surface area (TPSA) is 38.7 Å². The molecule has 232 valence electrons. The Morgan fingerprint density at radius 1 is 0.786 bits per heavy atom. The SMILES string of the molecule is C1=C\CCC[CH-]CC/1.CCOc1cccc(C)c1[PH+](c1cccc(C(C)(C)C)c1O)c1c(C)cccc1OCC.[CH3+].[Ni]. The number of aromatic hydroxyl groups is 1. The van der Waals surface area contributed by atoms with E-state index in [1.54, 1.807) is 0 Å². The number of para-hydroxylation sites is 1. The van der Waals surface area contributed by atoms with Gasteiger partial charge in [-0.05, 0) is 68.9 Å². The molecule has 0 atom stereocenters. The van der Waals surface area contributed by atoms with E-state index in [9.17, 15) is 5.11 Å². The zero-order valence-electron chi connectivity index (χ0n) is 27.0. The van der Waals surface area contributed by atoms with Crippen molar-refractivity contribution in [3.8, 4) is 17.2 Å². The van der Waals surface area contributed by atoms with E-state index >= 15 is 0 Å². The second-order valence-electron chi connectivity index (χ2n) is 11.4. The first-order chi connectivity index (χ1) is 19.2. The van der Waals surface area contributed by atoms with Crippen LogP contribution in [0.1, 0.15) is 83.4 Å². The summed E-state index contributed by atoms with van der Waals surface area (Å²) >= 11 is 0. The van der Waals surface area contributed by atoms with Crippen molar-refractivity contribution in [1.82, 2.24) is 0 Å². The van der Waals surface area contributed by atoms with Gasteiger partial charge in [0, 0.05) is 29.5 Å². The van der Waals surface area contributed by atoms with Crippen molar-refractivity contribution in [1.29, 1.82) is 0 Å². The predicted octanol–water partition coefficient (Wildman–Crippen LogP) is 8.75. The maximum atomic E-state index is 11.6. The van der Waals surface area contributed by atoms with Crippen molar-refractivity contribution < 1.29 is 31.1 Å². The fraction of sp³-hybridized carbons (Fsp3) is 0.405. The molecule has 0 bridgehead atoms. The third-order valence-corrected chi connectivity index (χ3v) is 10.4. The van der Waals surface area contributed by atoms with Crippen LogP contribution < -0.4 is 25.4 Å². The summed E-state index contributed by atoms with van der Waals surface area (Å²) in [6.45, 7) is 15.9. The van der Waals surface area contributed by atoms with E-state index in [1.165, 1.54) is 32.1 Å². The third-order valence-electron chi connectivity index (χ3n) is 7.17. The largest absolute Gasteiger partial charge is 0.504 e. The summed E-state index contributed by atoms with van der Waals surface area (Å²) in [5.41, 5.74) is 3.11. The van der Waals surface area contributed by atoms with Crippen LogP contribution in [0.25, 0.3) is 0 Å². The number of aryl methyl sites for hydroxylation is 2. The number of ether oxygens (including phenoxy) is 2. The zero-order chi connectivity index (χ0) is 29.1. The van der Waals surface area contributed by atoms with Gasteiger partial charge in [0.25, 0.3) is 0 Å². The number of rotatable bonds is 7. The molecule has 0 saturated heterocycles. The molecule has 0 radical (unpaired) electrons. The Labute approximate surface area is 267 Å². The number of hydrogen-bond donors (Lipinski definition) is 1. The third kappa shape index (κ3) is 9.82. The first kappa shape index (κ1) is 37.6. The Morgan fingerprint density at radius 3 is 1.83 bits per heavy atom. The zero-order valence-corrected chi connectivity index (χ0v) is 28.9. The Bertz CT molecular complexity index is 1200. The van der Waals surface area contributed by atoms with Gasteiger partial charge >= 0.3 is 0 Å². The Balaban J connectivity index is 0.000000763. The molecule has 1 N–H and O–H groups in total. The number of phenolic OH excluding ortho intramolecular Hbond substituents is 1. The molecule has 0 fully saturated rings. The summed E-state index contributed by atoms with van der Waals surface area (Å²) in [7, 11) is -1.65. The molecule has 0 spiro atoms. The smallest absolute Gasteiger partial charge is 0.162 e. The molecule has 1 aliphatic carbocycles. The van der Waals surface area contributed by atoms with Crippen LogP contribution in [0.5, 0.6) is 17.2 Å². The van der Waals surface area contributed by atoms with Gasteiger partial charge in [-0.3, -0.25) is 0 Å². The number of benzene rings is 3. The molecule has 3 aromatic rings. The van der Waals surface area contributed by atoms with Crippen LogP contribution >= 0.6 is 7.92 Å². The normalized spacial score (nSPS) is 13.8. The van der Waals surface area contributed by atoms with Crippen LogP contribution in [0.3, 0.4) is 0 Å². The van der Waals surface area contributed by atoms with Gasteiger partial charge in [0.05, 0.1) is 13.2 Å². The van der Waals surface area contributed by atoms with Gasteiger partial charge in [0.15, 0.2) is 17.2 Å². The van der Waals surface area contributed by atoms with Crippen molar-refractivity contribution in [3.63, 3.8) is 0 Å². The number of allylic oxidation sites excluding steroid dienone is 2. The second kappa shape index (κ2) is 18.3. The monoisotopic (exact) mass is 633 g/mol. The molecule has 0 unspecified atom stereocenters. The van der Waals surface area contributed by atoms with Crippen LogP contribution in [0.15, 0.2) is 66.7 Å². The minimum absolute atomic E-state index is 0. The minimum atomic E-state index is -1.65. The summed E-state index contributed by atoms with van der Waals surface area (Å²) in [4.78, 5) is 0. The maximum Gasteiger partial charge on any atom is 0.162 e. The molecule has 42 heavy (non-hydrogen) atoms. The van der Waals surface area contributed by atoms with E-state index in [0.29, 0.717) is 19.0 Å². The van der Waals surface area contributed by atoms with Gasteiger partial charge in [-0.1, -0.05) is 82.2 Å². The standard InChI is InChI=1S/C28H35O3P.C8H13.CH3.Ni/c1-8-30-22-16-10-13-19(3)26(22)32(27-20(4)14-11-17-23(27)31-9-2)24-18-12-15-21(25(24)29)28(5,6)7;1-2-4-6-8-7-5-3-1;;/h10-18,29H,8-9H2,1-7H3;1-2,7H,3-6,8H2;1H3;/q;-1;+1;/p+1/b;2-1-;;. The number of hydrogen-bond acceptors (Lipinski definition) is 3. The molecular weight excluding hydrogens is 582 g/mol. The average Bonchev–Trinajstić information content (AvgIpc) is 2.87. The van der Waals surface area contributed by atoms with Crippen molar-refractivity contribution >= 4 is 23.8 Å². The summed E-state index contributed by atoms with van der Waals surface area (Å²) in [5, 5.41) is 14.9. The molecule has 0 amide bonds. The summed E-state index contributed by atoms with van der Waals surface area (Å²) in [6, 6.07) is 18.6. The molecular formula is C37H52NiO3P+. The van der Waals surface area contributed by atoms with Crippen LogP contribution in [0, 0.1) is 27.7 Å². The van der Waals surface area contributed by atoms with E-state index in [4.69, 9.17) is 9.47 Å². The molecule has 0 heterocycles. The average molecular weight is 634 g/mol. The van der Waals surface area contributed by atoms with Gasteiger partial charge in [-0.25, -0.2) is 0 Å². The molecule has 0 aliphatic heterocycles. The van der Waals surface area contributed by atoms with E-state index in [2.05, 4.69) is 77.5 Å². The van der Waals surface area contributed by atoms with E-state index < -0.39 is 7.92 Å². The molecule has 0 aromatic heterocycles. The molecule has 3 aromatic carbocycles. The molecule has 0 saturated carbocycles. The summed E-state index contributed by atoms with van der Waals surface area (Å²) in [6.07, 6.45) is 13.5. The first-order valence-corrected chi connectivity index (χ1v) is 16.3. The van der Waals surface area contributed by atoms with Gasteiger partial charge in [0.1, 0.15) is 23.8 Å². The van der Waals surface area contributed by atoms with Crippen molar-refractivity contribution in [2.75, 3.05) is 13.2 Å². The number of phenols is 1. The fourth-order valence-corrected chi connectivity index (χ4v) is 8.38. The van der Waals surface area contributed by atoms with Crippen molar-refractivity contribution in [2.45, 2.75) is 86.0 Å². The van der Waals surface area contributed by atoms with Gasteiger partial charge in [0.2, 0.25) is 0 Å². The second-order valence-corrected chi connectivity index (χ2v) is 13.6. The Hall–Kier alpha value is -2.41. The molecule has 3 nitrogen and oxygen atoms in total. The van der Waals surface area contributed by atoms with E-state index in [1.807, 2.05) is 44.2 Å². The minimum Gasteiger partial charge on any atom is -0.504 e. The van der Waals surface area contributed by atoms with Crippen LogP contribution in [-0.4, -0.2) is 18.3 Å². The quantitative estimate of drug-likeness (QED) is 0.122. The summed E-state index contributed by atoms with van der Waals surface area (Å²) < 4.78 is 12.2. The summed E-state index contributed by atoms with van der Waals surface area (Å²) in [5.74, 6) is 2.14. The van der Waals surface area contributed by atoms with Crippen molar-refractivity contribution in [3.05, 3.63) is 97.3 Å². The van der Waals surface area contributed by atoms with Gasteiger partial charge < -0.3 is 21.0 Å². The van der Waals surface area contributed by atoms with Gasteiger partial charge in [-0.15, -0.1) is 0 Å². The van der Waals surface area contributed by atoms with E-state index in [0.717, 1.165) is 44.1 Å². The van der Waals surface area contributed by atoms with Crippen LogP contribution in [0.2, 0.25) is 0 Å². The predicted molar refractivity (Wildman–Crippen MR) is 182 cm³/mol. The molecule has 4 rings (SSSR count). The van der Waals surface area contributed by atoms with Crippen LogP contribution in [-0.2, 0) is 21.9 Å². The van der Waals surface area contributed by atoms with Crippen LogP contribution in [0.4, 0.5) is 0 Å². The Morgan fingerprint density at radius 2 is 1.31 bits per heavy atom. The maximum absolute atomic E-state index is 11.6. The van der Waals surface area contributed by atoms with Gasteiger partial charge in [-0.2, -0.15) is 12.8 Å². The molecule has 1 aliphatic rings. The fourth-order valence-electron chi connectivity index (χ4n) is 5.19.